The lowest BCUT2D eigenvalue weighted by Crippen LogP contribution is -2.49. The summed E-state index contributed by atoms with van der Waals surface area (Å²) < 4.78 is 0. The number of amides is 1. The molecule has 0 bridgehead atoms. The van der Waals surface area contributed by atoms with Crippen LogP contribution in [0.5, 0.6) is 0 Å². The van der Waals surface area contributed by atoms with Crippen LogP contribution >= 0.6 is 11.8 Å². The van der Waals surface area contributed by atoms with Gasteiger partial charge in [-0.3, -0.25) is 4.79 Å². The molecule has 1 atom stereocenters. The van der Waals surface area contributed by atoms with Crippen molar-refractivity contribution in [3.63, 3.8) is 0 Å². The van der Waals surface area contributed by atoms with E-state index in [1.54, 1.807) is 0 Å². The molecular weight excluding hydrogens is 208 g/mol. The maximum atomic E-state index is 11.7. The lowest BCUT2D eigenvalue weighted by molar-refractivity contribution is -0.122. The average Bonchev–Trinajstić information content (AvgIpc) is 3.09. The molecule has 4 heteroatoms. The van der Waals surface area contributed by atoms with Gasteiger partial charge in [-0.25, -0.2) is 0 Å². The van der Waals surface area contributed by atoms with E-state index >= 15 is 0 Å². The van der Waals surface area contributed by atoms with Crippen molar-refractivity contribution in [3.05, 3.63) is 0 Å². The van der Waals surface area contributed by atoms with Crippen LogP contribution in [0.4, 0.5) is 0 Å². The fourth-order valence-corrected chi connectivity index (χ4v) is 2.80. The van der Waals surface area contributed by atoms with Crippen molar-refractivity contribution in [2.75, 3.05) is 24.6 Å². The van der Waals surface area contributed by atoms with E-state index in [9.17, 15) is 4.79 Å². The van der Waals surface area contributed by atoms with E-state index in [1.165, 1.54) is 19.3 Å². The molecule has 2 rings (SSSR count). The van der Waals surface area contributed by atoms with Gasteiger partial charge in [0.15, 0.2) is 0 Å². The Bertz CT molecular complexity index is 213. The summed E-state index contributed by atoms with van der Waals surface area (Å²) in [5.41, 5.74) is 0. The lowest BCUT2D eigenvalue weighted by Gasteiger charge is -2.22. The van der Waals surface area contributed by atoms with Crippen LogP contribution in [-0.2, 0) is 4.79 Å². The summed E-state index contributed by atoms with van der Waals surface area (Å²) in [6.07, 6.45) is 5.27. The van der Waals surface area contributed by atoms with Crippen LogP contribution in [0.3, 0.4) is 0 Å². The normalized spacial score (nSPS) is 26.3. The highest BCUT2D eigenvalue weighted by Gasteiger charge is 2.22. The molecule has 1 saturated heterocycles. The second-order valence-electron chi connectivity index (χ2n) is 4.46. The van der Waals surface area contributed by atoms with Crippen molar-refractivity contribution < 1.29 is 4.79 Å². The van der Waals surface area contributed by atoms with E-state index in [4.69, 9.17) is 0 Å². The van der Waals surface area contributed by atoms with E-state index in [2.05, 4.69) is 10.6 Å². The van der Waals surface area contributed by atoms with Gasteiger partial charge in [0.05, 0.1) is 6.04 Å². The van der Waals surface area contributed by atoms with Crippen molar-refractivity contribution in [1.29, 1.82) is 0 Å². The van der Waals surface area contributed by atoms with Crippen LogP contribution in [0.2, 0.25) is 0 Å². The molecule has 1 heterocycles. The summed E-state index contributed by atoms with van der Waals surface area (Å²) in [6.45, 7) is 1.82. The number of hydrogen-bond acceptors (Lipinski definition) is 3. The van der Waals surface area contributed by atoms with Crippen molar-refractivity contribution in [2.45, 2.75) is 31.7 Å². The minimum atomic E-state index is 0.0460. The topological polar surface area (TPSA) is 41.1 Å². The summed E-state index contributed by atoms with van der Waals surface area (Å²) in [4.78, 5) is 11.7. The molecule has 2 aliphatic rings. The Labute approximate surface area is 95.8 Å². The minimum absolute atomic E-state index is 0.0460. The fraction of sp³-hybridized carbons (Fsp3) is 0.909. The van der Waals surface area contributed by atoms with E-state index < -0.39 is 0 Å². The predicted molar refractivity (Wildman–Crippen MR) is 64.1 cm³/mol. The highest BCUT2D eigenvalue weighted by Crippen LogP contribution is 2.33. The number of nitrogens with one attached hydrogen (secondary N) is 2. The van der Waals surface area contributed by atoms with Gasteiger partial charge in [0.25, 0.3) is 0 Å². The average molecular weight is 228 g/mol. The fourth-order valence-electron chi connectivity index (χ4n) is 1.87. The van der Waals surface area contributed by atoms with Crippen LogP contribution in [0.15, 0.2) is 0 Å². The molecule has 3 nitrogen and oxygen atoms in total. The smallest absolute Gasteiger partial charge is 0.237 e. The van der Waals surface area contributed by atoms with Crippen LogP contribution in [0, 0.1) is 5.92 Å². The molecule has 2 fully saturated rings. The van der Waals surface area contributed by atoms with Gasteiger partial charge in [-0.15, -0.1) is 0 Å². The van der Waals surface area contributed by atoms with Crippen LogP contribution in [0.1, 0.15) is 25.7 Å². The largest absolute Gasteiger partial charge is 0.355 e. The van der Waals surface area contributed by atoms with Crippen LogP contribution < -0.4 is 10.6 Å². The molecule has 1 amide bonds. The van der Waals surface area contributed by atoms with Gasteiger partial charge >= 0.3 is 0 Å². The monoisotopic (exact) mass is 228 g/mol. The summed E-state index contributed by atoms with van der Waals surface area (Å²) >= 11 is 1.86. The molecule has 0 aromatic heterocycles. The SMILES string of the molecule is O=C(NCCCC1CC1)C1CSCCN1. The van der Waals surface area contributed by atoms with Crippen LogP contribution in [-0.4, -0.2) is 36.5 Å². The maximum absolute atomic E-state index is 11.7. The summed E-state index contributed by atoms with van der Waals surface area (Å²) in [5, 5.41) is 6.27. The quantitative estimate of drug-likeness (QED) is 0.690. The third-order valence-electron chi connectivity index (χ3n) is 3.02. The molecule has 2 N–H and O–H groups in total. The Morgan fingerprint density at radius 3 is 3.00 bits per heavy atom. The molecule has 15 heavy (non-hydrogen) atoms. The number of rotatable bonds is 5. The van der Waals surface area contributed by atoms with Gasteiger partial charge in [-0.05, 0) is 18.8 Å². The molecular formula is C11H20N2OS. The Balaban J connectivity index is 1.54. The Morgan fingerprint density at radius 2 is 2.33 bits per heavy atom. The van der Waals surface area contributed by atoms with E-state index in [0.29, 0.717) is 0 Å². The molecule has 0 aromatic carbocycles. The van der Waals surface area contributed by atoms with E-state index in [0.717, 1.165) is 36.9 Å². The molecule has 86 valence electrons. The Hall–Kier alpha value is -0.220. The van der Waals surface area contributed by atoms with Crippen molar-refractivity contribution in [3.8, 4) is 0 Å². The predicted octanol–water partition coefficient (Wildman–Crippen LogP) is 0.998. The number of hydrogen-bond donors (Lipinski definition) is 2. The first-order valence-electron chi connectivity index (χ1n) is 5.95. The molecule has 1 saturated carbocycles. The van der Waals surface area contributed by atoms with Gasteiger partial charge in [0.2, 0.25) is 5.91 Å². The van der Waals surface area contributed by atoms with Crippen molar-refractivity contribution in [2.24, 2.45) is 5.92 Å². The molecule has 0 aromatic rings. The summed E-state index contributed by atoms with van der Waals surface area (Å²) in [5.74, 6) is 3.23. The Kier molecular flexibility index (Phi) is 4.32. The standard InChI is InChI=1S/C11H20N2OS/c14-11(10-8-15-7-6-12-10)13-5-1-2-9-3-4-9/h9-10,12H,1-8H2,(H,13,14). The van der Waals surface area contributed by atoms with E-state index in [1.807, 2.05) is 11.8 Å². The number of carbonyl (C=O) groups is 1. The highest BCUT2D eigenvalue weighted by atomic mass is 32.2. The third kappa shape index (κ3) is 4.03. The zero-order valence-electron chi connectivity index (χ0n) is 9.13. The van der Waals surface area contributed by atoms with Crippen molar-refractivity contribution in [1.82, 2.24) is 10.6 Å². The second-order valence-corrected chi connectivity index (χ2v) is 5.61. The minimum Gasteiger partial charge on any atom is -0.355 e. The van der Waals surface area contributed by atoms with Gasteiger partial charge in [-0.1, -0.05) is 12.8 Å². The zero-order valence-corrected chi connectivity index (χ0v) is 9.94. The third-order valence-corrected chi connectivity index (χ3v) is 4.09. The number of thioether (sulfide) groups is 1. The van der Waals surface area contributed by atoms with Gasteiger partial charge < -0.3 is 10.6 Å². The molecule has 1 aliphatic carbocycles. The molecule has 1 unspecified atom stereocenters. The molecule has 1 aliphatic heterocycles. The van der Waals surface area contributed by atoms with E-state index in [-0.39, 0.29) is 11.9 Å². The Morgan fingerprint density at radius 1 is 1.47 bits per heavy atom. The zero-order chi connectivity index (χ0) is 10.5. The summed E-state index contributed by atoms with van der Waals surface area (Å²) in [6, 6.07) is 0.0460. The first kappa shape index (κ1) is 11.3. The first-order chi connectivity index (χ1) is 7.36. The lowest BCUT2D eigenvalue weighted by atomic mass is 10.2. The first-order valence-corrected chi connectivity index (χ1v) is 7.10. The van der Waals surface area contributed by atoms with Crippen molar-refractivity contribution >= 4 is 17.7 Å². The van der Waals surface area contributed by atoms with Crippen LogP contribution in [0.25, 0.3) is 0 Å². The number of carbonyl (C=O) groups excluding carboxylic acids is 1. The summed E-state index contributed by atoms with van der Waals surface area (Å²) in [7, 11) is 0. The molecule has 0 spiro atoms. The van der Waals surface area contributed by atoms with Gasteiger partial charge in [0, 0.05) is 24.6 Å². The maximum Gasteiger partial charge on any atom is 0.237 e. The van der Waals surface area contributed by atoms with Gasteiger partial charge in [-0.2, -0.15) is 11.8 Å². The highest BCUT2D eigenvalue weighted by molar-refractivity contribution is 7.99. The van der Waals surface area contributed by atoms with Gasteiger partial charge in [0.1, 0.15) is 0 Å². The molecule has 0 radical (unpaired) electrons. The second kappa shape index (κ2) is 5.75.